The average molecular weight is 492 g/mol. The van der Waals surface area contributed by atoms with Crippen LogP contribution < -0.4 is 5.73 Å². The first kappa shape index (κ1) is 23.3. The van der Waals surface area contributed by atoms with E-state index in [1.165, 1.54) is 6.33 Å². The zero-order valence-electron chi connectivity index (χ0n) is 20.4. The van der Waals surface area contributed by atoms with E-state index in [9.17, 15) is 5.11 Å². The molecule has 1 aliphatic carbocycles. The molecule has 0 saturated heterocycles. The number of nitrogens with zero attached hydrogens (tertiary/aromatic N) is 4. The van der Waals surface area contributed by atoms with E-state index in [-0.39, 0.29) is 12.0 Å². The first-order valence-electron chi connectivity index (χ1n) is 12.6. The van der Waals surface area contributed by atoms with Crippen molar-refractivity contribution in [3.05, 3.63) is 120 Å². The first-order valence-corrected chi connectivity index (χ1v) is 12.6. The van der Waals surface area contributed by atoms with Crippen molar-refractivity contribution in [1.29, 1.82) is 0 Å². The Bertz CT molecular complexity index is 1380. The number of rotatable bonds is 7. The van der Waals surface area contributed by atoms with Gasteiger partial charge in [0.05, 0.1) is 19.0 Å². The van der Waals surface area contributed by atoms with Crippen LogP contribution in [-0.4, -0.2) is 37.3 Å². The van der Waals surface area contributed by atoms with Gasteiger partial charge in [-0.3, -0.25) is 0 Å². The Hall–Kier alpha value is -4.07. The maximum Gasteiger partial charge on any atom is 0.165 e. The summed E-state index contributed by atoms with van der Waals surface area (Å²) in [6.07, 6.45) is 4.03. The number of aliphatic hydroxyl groups excluding tert-OH is 1. The number of ether oxygens (including phenoxy) is 1. The van der Waals surface area contributed by atoms with E-state index in [1.54, 1.807) is 6.33 Å². The summed E-state index contributed by atoms with van der Waals surface area (Å²) in [5.41, 5.74) is 9.59. The van der Waals surface area contributed by atoms with Crippen LogP contribution in [0.3, 0.4) is 0 Å². The van der Waals surface area contributed by atoms with Gasteiger partial charge in [-0.15, -0.1) is 0 Å². The lowest BCUT2D eigenvalue weighted by Gasteiger charge is -2.37. The van der Waals surface area contributed by atoms with Crippen LogP contribution in [0, 0.1) is 5.92 Å². The molecule has 5 aromatic rings. The molecule has 2 heterocycles. The summed E-state index contributed by atoms with van der Waals surface area (Å²) in [6, 6.07) is 31.0. The number of aliphatic hydroxyl groups is 1. The molecule has 2 aromatic heterocycles. The highest BCUT2D eigenvalue weighted by molar-refractivity contribution is 5.81. The van der Waals surface area contributed by atoms with Crippen LogP contribution in [0.1, 0.15) is 35.6 Å². The maximum atomic E-state index is 11.1. The summed E-state index contributed by atoms with van der Waals surface area (Å²) in [6.45, 7) is 0.389. The van der Waals surface area contributed by atoms with Gasteiger partial charge >= 0.3 is 0 Å². The SMILES string of the molecule is Nc1ncnc2c1ncn2C1CC(O)C(COC(c2ccccc2)(c2ccccc2)c2ccccc2)C1. The molecule has 3 N–H and O–H groups in total. The minimum absolute atomic E-state index is 0.0440. The zero-order chi connectivity index (χ0) is 25.2. The van der Waals surface area contributed by atoms with Crippen molar-refractivity contribution in [3.8, 4) is 0 Å². The van der Waals surface area contributed by atoms with Gasteiger partial charge in [0.15, 0.2) is 11.5 Å². The predicted octanol–water partition coefficient (Wildman–Crippen LogP) is 4.73. The number of nitrogens with two attached hydrogens (primary N) is 1. The third kappa shape index (κ3) is 4.16. The van der Waals surface area contributed by atoms with E-state index >= 15 is 0 Å². The number of fused-ring (bicyclic) bond motifs is 1. The second-order valence-electron chi connectivity index (χ2n) is 9.63. The molecule has 7 heteroatoms. The summed E-state index contributed by atoms with van der Waals surface area (Å²) >= 11 is 0. The van der Waals surface area contributed by atoms with E-state index in [1.807, 2.05) is 59.2 Å². The lowest BCUT2D eigenvalue weighted by atomic mass is 9.80. The molecule has 0 aliphatic heterocycles. The molecule has 0 radical (unpaired) electrons. The van der Waals surface area contributed by atoms with Gasteiger partial charge in [-0.2, -0.15) is 0 Å². The third-order valence-corrected chi connectivity index (χ3v) is 7.47. The predicted molar refractivity (Wildman–Crippen MR) is 143 cm³/mol. The fourth-order valence-electron chi connectivity index (χ4n) is 5.62. The highest BCUT2D eigenvalue weighted by Crippen LogP contribution is 2.43. The normalized spacial score (nSPS) is 19.9. The highest BCUT2D eigenvalue weighted by Gasteiger charge is 2.41. The van der Waals surface area contributed by atoms with E-state index in [0.717, 1.165) is 23.1 Å². The number of imidazole rings is 1. The van der Waals surface area contributed by atoms with E-state index in [2.05, 4.69) is 51.4 Å². The van der Waals surface area contributed by atoms with Crippen molar-refractivity contribution in [1.82, 2.24) is 19.5 Å². The largest absolute Gasteiger partial charge is 0.393 e. The molecule has 37 heavy (non-hydrogen) atoms. The summed E-state index contributed by atoms with van der Waals surface area (Å²) in [7, 11) is 0. The van der Waals surface area contributed by atoms with Gasteiger partial charge in [0.25, 0.3) is 0 Å². The Labute approximate surface area is 215 Å². The molecule has 3 atom stereocenters. The third-order valence-electron chi connectivity index (χ3n) is 7.47. The van der Waals surface area contributed by atoms with Crippen LogP contribution >= 0.6 is 0 Å². The summed E-state index contributed by atoms with van der Waals surface area (Å²) in [5.74, 6) is 0.303. The standard InChI is InChI=1S/C30H29N5O2/c31-28-27-29(33-19-32-28)35(20-34-27)25-16-21(26(36)17-25)18-37-30(22-10-4-1-5-11-22,23-12-6-2-7-13-23)24-14-8-3-9-15-24/h1-15,19-21,25-26,36H,16-18H2,(H2,31,32,33). The molecule has 3 unspecified atom stereocenters. The Morgan fingerprint density at radius 1 is 0.811 bits per heavy atom. The van der Waals surface area contributed by atoms with E-state index in [4.69, 9.17) is 10.5 Å². The van der Waals surface area contributed by atoms with Crippen LogP contribution in [-0.2, 0) is 10.3 Å². The van der Waals surface area contributed by atoms with E-state index < -0.39 is 11.7 Å². The average Bonchev–Trinajstić information content (AvgIpc) is 3.55. The van der Waals surface area contributed by atoms with Crippen molar-refractivity contribution in [2.75, 3.05) is 12.3 Å². The van der Waals surface area contributed by atoms with Crippen molar-refractivity contribution in [3.63, 3.8) is 0 Å². The molecule has 0 spiro atoms. The fourth-order valence-corrected chi connectivity index (χ4v) is 5.62. The minimum Gasteiger partial charge on any atom is -0.393 e. The smallest absolute Gasteiger partial charge is 0.165 e. The fraction of sp³-hybridized carbons (Fsp3) is 0.233. The molecule has 1 aliphatic rings. The number of benzene rings is 3. The molecule has 1 fully saturated rings. The minimum atomic E-state index is -0.815. The van der Waals surface area contributed by atoms with Gasteiger partial charge < -0.3 is 20.1 Å². The molecule has 0 bridgehead atoms. The number of hydrogen-bond donors (Lipinski definition) is 2. The van der Waals surface area contributed by atoms with Gasteiger partial charge in [-0.05, 0) is 29.5 Å². The van der Waals surface area contributed by atoms with Crippen LogP contribution in [0.4, 0.5) is 5.82 Å². The molecular weight excluding hydrogens is 462 g/mol. The quantitative estimate of drug-likeness (QED) is 0.320. The zero-order valence-corrected chi connectivity index (χ0v) is 20.4. The Balaban J connectivity index is 1.34. The molecule has 3 aromatic carbocycles. The molecular formula is C30H29N5O2. The van der Waals surface area contributed by atoms with Crippen LogP contribution in [0.25, 0.3) is 11.2 Å². The molecule has 1 saturated carbocycles. The molecule has 186 valence electrons. The van der Waals surface area contributed by atoms with Crippen molar-refractivity contribution >= 4 is 17.0 Å². The lowest BCUT2D eigenvalue weighted by Crippen LogP contribution is -2.35. The Morgan fingerprint density at radius 3 is 1.95 bits per heavy atom. The maximum absolute atomic E-state index is 11.1. The second kappa shape index (κ2) is 9.76. The van der Waals surface area contributed by atoms with Crippen LogP contribution in [0.5, 0.6) is 0 Å². The Morgan fingerprint density at radius 2 is 1.38 bits per heavy atom. The van der Waals surface area contributed by atoms with Gasteiger partial charge in [-0.25, -0.2) is 15.0 Å². The van der Waals surface area contributed by atoms with Crippen molar-refractivity contribution in [2.24, 2.45) is 5.92 Å². The molecule has 7 nitrogen and oxygen atoms in total. The molecule has 0 amide bonds. The number of anilines is 1. The molecule has 6 rings (SSSR count). The van der Waals surface area contributed by atoms with Gasteiger partial charge in [0.2, 0.25) is 0 Å². The van der Waals surface area contributed by atoms with Crippen molar-refractivity contribution in [2.45, 2.75) is 30.6 Å². The van der Waals surface area contributed by atoms with Crippen LogP contribution in [0.2, 0.25) is 0 Å². The second-order valence-corrected chi connectivity index (χ2v) is 9.63. The van der Waals surface area contributed by atoms with Gasteiger partial charge in [0.1, 0.15) is 17.4 Å². The topological polar surface area (TPSA) is 99.1 Å². The van der Waals surface area contributed by atoms with Gasteiger partial charge in [0, 0.05) is 12.0 Å². The summed E-state index contributed by atoms with van der Waals surface area (Å²) in [4.78, 5) is 12.9. The van der Waals surface area contributed by atoms with E-state index in [0.29, 0.717) is 30.0 Å². The highest BCUT2D eigenvalue weighted by atomic mass is 16.5. The monoisotopic (exact) mass is 491 g/mol. The number of hydrogen-bond acceptors (Lipinski definition) is 6. The lowest BCUT2D eigenvalue weighted by molar-refractivity contribution is -0.0296. The van der Waals surface area contributed by atoms with Crippen LogP contribution in [0.15, 0.2) is 104 Å². The summed E-state index contributed by atoms with van der Waals surface area (Å²) < 4.78 is 8.99. The van der Waals surface area contributed by atoms with Gasteiger partial charge in [-0.1, -0.05) is 91.0 Å². The van der Waals surface area contributed by atoms with Crippen molar-refractivity contribution < 1.29 is 9.84 Å². The first-order chi connectivity index (χ1) is 18.2. The number of aromatic nitrogens is 4. The Kier molecular flexibility index (Phi) is 6.16. The summed E-state index contributed by atoms with van der Waals surface area (Å²) in [5, 5.41) is 11.1. The number of nitrogen functional groups attached to an aromatic ring is 1.